The van der Waals surface area contributed by atoms with Crippen LogP contribution in [0, 0.1) is 0 Å². The molecule has 1 N–H and O–H groups in total. The lowest BCUT2D eigenvalue weighted by Gasteiger charge is -2.25. The first-order chi connectivity index (χ1) is 16.9. The van der Waals surface area contributed by atoms with Gasteiger partial charge < -0.3 is 4.42 Å². The molecule has 1 atom stereocenters. The molecular formula is C25H21N3O5S2. The number of nitrogens with zero attached hydrogens (tertiary/aromatic N) is 2. The molecule has 0 fully saturated rings. The summed E-state index contributed by atoms with van der Waals surface area (Å²) in [4.78, 5) is 0.180. The van der Waals surface area contributed by atoms with E-state index in [9.17, 15) is 16.8 Å². The summed E-state index contributed by atoms with van der Waals surface area (Å²) in [6.45, 7) is 0. The largest absolute Gasteiger partial charge is 0.463 e. The van der Waals surface area contributed by atoms with Crippen LogP contribution in [0.4, 0.5) is 5.69 Å². The van der Waals surface area contributed by atoms with Crippen LogP contribution in [0.15, 0.2) is 123 Å². The third kappa shape index (κ3) is 4.45. The maximum absolute atomic E-state index is 13.6. The standard InChI is InChI=1S/C25H21N3O5S2/c29-34(30,19-10-3-1-4-11-19)27-22-15-8-7-14-21(22)24-18-23(25-16-9-17-33-25)26-28(24)35(31,32)20-12-5-2-6-13-20/h1-17,24,27H,18H2/t24-/m0/s1. The Labute approximate surface area is 203 Å². The van der Waals surface area contributed by atoms with E-state index in [1.807, 2.05) is 0 Å². The summed E-state index contributed by atoms with van der Waals surface area (Å²) in [5, 5.41) is 4.42. The van der Waals surface area contributed by atoms with Gasteiger partial charge in [0.1, 0.15) is 11.5 Å². The molecular weight excluding hydrogens is 486 g/mol. The average Bonchev–Trinajstić information content (AvgIpc) is 3.56. The first-order valence-electron chi connectivity index (χ1n) is 10.7. The van der Waals surface area contributed by atoms with Gasteiger partial charge in [0.2, 0.25) is 0 Å². The molecule has 0 bridgehead atoms. The Bertz CT molecular complexity index is 1570. The second-order valence-corrected chi connectivity index (χ2v) is 11.3. The first-order valence-corrected chi connectivity index (χ1v) is 13.7. The molecule has 10 heteroatoms. The smallest absolute Gasteiger partial charge is 0.279 e. The third-order valence-electron chi connectivity index (χ3n) is 5.58. The second-order valence-electron chi connectivity index (χ2n) is 7.84. The second kappa shape index (κ2) is 9.05. The zero-order chi connectivity index (χ0) is 24.5. The number of hydrogen-bond acceptors (Lipinski definition) is 6. The Hall–Kier alpha value is -3.89. The number of para-hydroxylation sites is 1. The lowest BCUT2D eigenvalue weighted by Crippen LogP contribution is -2.28. The van der Waals surface area contributed by atoms with Crippen molar-refractivity contribution in [2.24, 2.45) is 5.10 Å². The molecule has 2 heterocycles. The first kappa shape index (κ1) is 22.9. The minimum Gasteiger partial charge on any atom is -0.463 e. The number of benzene rings is 3. The molecule has 0 saturated carbocycles. The van der Waals surface area contributed by atoms with Crippen LogP contribution in [0.25, 0.3) is 0 Å². The van der Waals surface area contributed by atoms with Crippen molar-refractivity contribution in [3.05, 3.63) is 115 Å². The fraction of sp³-hybridized carbons (Fsp3) is 0.0800. The van der Waals surface area contributed by atoms with Crippen LogP contribution in [0.2, 0.25) is 0 Å². The van der Waals surface area contributed by atoms with E-state index in [2.05, 4.69) is 9.82 Å². The Kier molecular flexibility index (Phi) is 5.91. The Balaban J connectivity index is 1.58. The predicted octanol–water partition coefficient (Wildman–Crippen LogP) is 4.62. The van der Waals surface area contributed by atoms with Crippen molar-refractivity contribution in [1.82, 2.24) is 4.41 Å². The molecule has 0 amide bonds. The minimum atomic E-state index is -4.05. The van der Waals surface area contributed by atoms with E-state index in [-0.39, 0.29) is 21.9 Å². The van der Waals surface area contributed by atoms with Gasteiger partial charge in [-0.15, -0.1) is 0 Å². The highest BCUT2D eigenvalue weighted by molar-refractivity contribution is 7.92. The summed E-state index contributed by atoms with van der Waals surface area (Å²) in [6, 6.07) is 25.3. The van der Waals surface area contributed by atoms with Gasteiger partial charge in [0.15, 0.2) is 0 Å². The Morgan fingerprint density at radius 3 is 2.06 bits per heavy atom. The van der Waals surface area contributed by atoms with Gasteiger partial charge in [-0.05, 0) is 42.5 Å². The number of sulfonamides is 2. The van der Waals surface area contributed by atoms with Gasteiger partial charge in [0, 0.05) is 12.0 Å². The molecule has 5 rings (SSSR count). The van der Waals surface area contributed by atoms with Gasteiger partial charge in [0.05, 0.1) is 27.8 Å². The molecule has 1 aromatic heterocycles. The lowest BCUT2D eigenvalue weighted by atomic mass is 10.0. The summed E-state index contributed by atoms with van der Waals surface area (Å²) < 4.78 is 62.4. The maximum atomic E-state index is 13.6. The normalized spacial score (nSPS) is 16.2. The van der Waals surface area contributed by atoms with Crippen LogP contribution >= 0.6 is 0 Å². The van der Waals surface area contributed by atoms with Crippen LogP contribution in [0.1, 0.15) is 23.8 Å². The van der Waals surface area contributed by atoms with Crippen molar-refractivity contribution in [3.63, 3.8) is 0 Å². The van der Waals surface area contributed by atoms with Crippen LogP contribution in [0.5, 0.6) is 0 Å². The quantitative estimate of drug-likeness (QED) is 0.393. The Morgan fingerprint density at radius 2 is 1.40 bits per heavy atom. The molecule has 0 saturated heterocycles. The molecule has 0 radical (unpaired) electrons. The molecule has 3 aromatic carbocycles. The average molecular weight is 508 g/mol. The number of anilines is 1. The molecule has 0 spiro atoms. The highest BCUT2D eigenvalue weighted by Crippen LogP contribution is 2.40. The van der Waals surface area contributed by atoms with Crippen LogP contribution in [0.3, 0.4) is 0 Å². The summed E-state index contributed by atoms with van der Waals surface area (Å²) in [6.07, 6.45) is 1.69. The van der Waals surface area contributed by atoms with Crippen molar-refractivity contribution in [3.8, 4) is 0 Å². The summed E-state index contributed by atoms with van der Waals surface area (Å²) in [7, 11) is -7.95. The molecule has 1 aliphatic rings. The van der Waals surface area contributed by atoms with E-state index in [0.717, 1.165) is 4.41 Å². The number of nitrogens with one attached hydrogen (secondary N) is 1. The number of furan rings is 1. The number of hydrogen-bond donors (Lipinski definition) is 1. The SMILES string of the molecule is O=S(=O)(Nc1ccccc1[C@@H]1CC(c2ccco2)=NN1S(=O)(=O)c1ccccc1)c1ccccc1. The van der Waals surface area contributed by atoms with Gasteiger partial charge in [-0.2, -0.15) is 17.9 Å². The molecule has 8 nitrogen and oxygen atoms in total. The maximum Gasteiger partial charge on any atom is 0.279 e. The molecule has 35 heavy (non-hydrogen) atoms. The summed E-state index contributed by atoms with van der Waals surface area (Å²) >= 11 is 0. The van der Waals surface area contributed by atoms with Crippen LogP contribution < -0.4 is 4.72 Å². The zero-order valence-electron chi connectivity index (χ0n) is 18.4. The molecule has 0 aliphatic carbocycles. The van der Waals surface area contributed by atoms with E-state index in [0.29, 0.717) is 17.0 Å². The summed E-state index contributed by atoms with van der Waals surface area (Å²) in [5.74, 6) is 0.447. The topological polar surface area (TPSA) is 109 Å². The van der Waals surface area contributed by atoms with Crippen molar-refractivity contribution in [1.29, 1.82) is 0 Å². The van der Waals surface area contributed by atoms with E-state index < -0.39 is 26.1 Å². The lowest BCUT2D eigenvalue weighted by molar-refractivity contribution is 0.372. The number of rotatable bonds is 7. The van der Waals surface area contributed by atoms with Gasteiger partial charge >= 0.3 is 0 Å². The summed E-state index contributed by atoms with van der Waals surface area (Å²) in [5.41, 5.74) is 1.18. The van der Waals surface area contributed by atoms with Crippen LogP contribution in [-0.2, 0) is 20.0 Å². The van der Waals surface area contributed by atoms with Gasteiger partial charge in [-0.25, -0.2) is 8.42 Å². The van der Waals surface area contributed by atoms with Crippen molar-refractivity contribution in [2.75, 3.05) is 4.72 Å². The number of hydrazone groups is 1. The van der Waals surface area contributed by atoms with Gasteiger partial charge in [0.25, 0.3) is 20.0 Å². The monoisotopic (exact) mass is 507 g/mol. The fourth-order valence-corrected chi connectivity index (χ4v) is 6.47. The van der Waals surface area contributed by atoms with Crippen molar-refractivity contribution in [2.45, 2.75) is 22.3 Å². The minimum absolute atomic E-state index is 0.0804. The molecule has 1 aliphatic heterocycles. The van der Waals surface area contributed by atoms with E-state index in [4.69, 9.17) is 4.42 Å². The fourth-order valence-electron chi connectivity index (χ4n) is 3.92. The predicted molar refractivity (Wildman–Crippen MR) is 132 cm³/mol. The van der Waals surface area contributed by atoms with E-state index >= 15 is 0 Å². The third-order valence-corrected chi connectivity index (χ3v) is 8.66. The van der Waals surface area contributed by atoms with Gasteiger partial charge in [-0.1, -0.05) is 54.6 Å². The highest BCUT2D eigenvalue weighted by atomic mass is 32.2. The van der Waals surface area contributed by atoms with Crippen molar-refractivity contribution < 1.29 is 21.3 Å². The highest BCUT2D eigenvalue weighted by Gasteiger charge is 2.39. The van der Waals surface area contributed by atoms with E-state index in [1.54, 1.807) is 72.8 Å². The van der Waals surface area contributed by atoms with Crippen LogP contribution in [-0.4, -0.2) is 27.0 Å². The zero-order valence-corrected chi connectivity index (χ0v) is 20.0. The van der Waals surface area contributed by atoms with Crippen molar-refractivity contribution >= 4 is 31.4 Å². The molecule has 0 unspecified atom stereocenters. The van der Waals surface area contributed by atoms with E-state index in [1.165, 1.54) is 30.5 Å². The molecule has 178 valence electrons. The Morgan fingerprint density at radius 1 is 0.771 bits per heavy atom. The molecule has 4 aromatic rings. The van der Waals surface area contributed by atoms with Gasteiger partial charge in [-0.3, -0.25) is 4.72 Å².